The molecule has 10 aromatic rings. The van der Waals surface area contributed by atoms with Gasteiger partial charge in [-0.3, -0.25) is 0 Å². The highest BCUT2D eigenvalue weighted by atomic mass is 15.2. The predicted octanol–water partition coefficient (Wildman–Crippen LogP) is 17.9. The molecule has 2 nitrogen and oxygen atoms in total. The predicted molar refractivity (Wildman–Crippen MR) is 282 cm³/mol. The number of allylic oxidation sites excluding steroid dienone is 4. The Morgan fingerprint density at radius 3 is 1.48 bits per heavy atom. The van der Waals surface area contributed by atoms with Crippen LogP contribution in [0, 0.1) is 0 Å². The SMILES string of the molecule is C1=CC2=C(C=Cc3ccccc3N2c2ccc3c(-c4ccc(-c5ccccc5)cc4)c4cc(N5c6ccccc6C=Cc6ccccc65)ccc4c(-c4ccc5ccccc5c4)c3c2)CC1. The number of para-hydroxylation sites is 3. The summed E-state index contributed by atoms with van der Waals surface area (Å²) in [5.41, 5.74) is 19.2. The Balaban J connectivity index is 1.13. The van der Waals surface area contributed by atoms with Crippen molar-refractivity contribution >= 4 is 79.0 Å². The van der Waals surface area contributed by atoms with Crippen molar-refractivity contribution in [1.82, 2.24) is 0 Å². The molecule has 0 amide bonds. The number of benzene rings is 10. The Morgan fingerprint density at radius 2 is 0.818 bits per heavy atom. The highest BCUT2D eigenvalue weighted by Gasteiger charge is 2.26. The molecule has 0 saturated heterocycles. The van der Waals surface area contributed by atoms with Crippen LogP contribution in [0.4, 0.5) is 28.4 Å². The number of fused-ring (bicyclic) bond motifs is 6. The van der Waals surface area contributed by atoms with Crippen LogP contribution in [0.15, 0.2) is 236 Å². The van der Waals surface area contributed by atoms with Crippen LogP contribution >= 0.6 is 0 Å². The monoisotopic (exact) mass is 840 g/mol. The molecule has 2 heteroatoms. The summed E-state index contributed by atoms with van der Waals surface area (Å²) >= 11 is 0. The zero-order valence-corrected chi connectivity index (χ0v) is 36.4. The Labute approximate surface area is 385 Å². The van der Waals surface area contributed by atoms with Gasteiger partial charge in [0.2, 0.25) is 0 Å². The Hall–Kier alpha value is -8.46. The fourth-order valence-corrected chi connectivity index (χ4v) is 10.6. The molecule has 0 N–H and O–H groups in total. The Bertz CT molecular complexity index is 3650. The lowest BCUT2D eigenvalue weighted by atomic mass is 9.84. The number of rotatable bonds is 5. The molecule has 1 aliphatic carbocycles. The van der Waals surface area contributed by atoms with Crippen molar-refractivity contribution in [3.05, 3.63) is 252 Å². The van der Waals surface area contributed by atoms with E-state index < -0.39 is 0 Å². The van der Waals surface area contributed by atoms with Crippen molar-refractivity contribution in [2.45, 2.75) is 12.8 Å². The lowest BCUT2D eigenvalue weighted by Crippen LogP contribution is -2.18. The normalized spacial score (nSPS) is 13.9. The maximum absolute atomic E-state index is 2.49. The van der Waals surface area contributed by atoms with Crippen molar-refractivity contribution < 1.29 is 0 Å². The van der Waals surface area contributed by atoms with Crippen molar-refractivity contribution in [2.75, 3.05) is 9.80 Å². The molecule has 0 bridgehead atoms. The molecule has 0 aromatic heterocycles. The van der Waals surface area contributed by atoms with Gasteiger partial charge in [-0.1, -0.05) is 188 Å². The van der Waals surface area contributed by atoms with E-state index in [0.717, 1.165) is 35.6 Å². The van der Waals surface area contributed by atoms with Crippen molar-refractivity contribution in [2.24, 2.45) is 0 Å². The molecule has 0 atom stereocenters. The van der Waals surface area contributed by atoms with Gasteiger partial charge >= 0.3 is 0 Å². The van der Waals surface area contributed by atoms with Gasteiger partial charge in [0.1, 0.15) is 0 Å². The van der Waals surface area contributed by atoms with E-state index in [1.807, 2.05) is 0 Å². The quantitative estimate of drug-likeness (QED) is 0.159. The fourth-order valence-electron chi connectivity index (χ4n) is 10.6. The lowest BCUT2D eigenvalue weighted by Gasteiger charge is -2.30. The van der Waals surface area contributed by atoms with E-state index in [0.29, 0.717) is 0 Å². The second-order valence-corrected chi connectivity index (χ2v) is 17.6. The summed E-state index contributed by atoms with van der Waals surface area (Å²) < 4.78 is 0. The molecule has 2 heterocycles. The highest BCUT2D eigenvalue weighted by Crippen LogP contribution is 2.50. The summed E-state index contributed by atoms with van der Waals surface area (Å²) in [6.07, 6.45) is 15.8. The van der Waals surface area contributed by atoms with Crippen LogP contribution in [0.2, 0.25) is 0 Å². The average molecular weight is 841 g/mol. The molecule has 0 radical (unpaired) electrons. The number of hydrogen-bond donors (Lipinski definition) is 0. The summed E-state index contributed by atoms with van der Waals surface area (Å²) in [6.45, 7) is 0. The van der Waals surface area contributed by atoms with Gasteiger partial charge in [-0.2, -0.15) is 0 Å². The minimum Gasteiger partial charge on any atom is -0.310 e. The summed E-state index contributed by atoms with van der Waals surface area (Å²) in [7, 11) is 0. The number of anilines is 5. The summed E-state index contributed by atoms with van der Waals surface area (Å²) in [5, 5.41) is 7.32. The highest BCUT2D eigenvalue weighted by molar-refractivity contribution is 6.23. The van der Waals surface area contributed by atoms with Crippen LogP contribution < -0.4 is 9.80 Å². The molecule has 3 aliphatic rings. The van der Waals surface area contributed by atoms with Crippen LogP contribution in [-0.2, 0) is 0 Å². The molecule has 0 unspecified atom stereocenters. The molecule has 310 valence electrons. The molecule has 13 rings (SSSR count). The minimum atomic E-state index is 1.01. The summed E-state index contributed by atoms with van der Waals surface area (Å²) in [5.74, 6) is 0. The lowest BCUT2D eigenvalue weighted by molar-refractivity contribution is 0.955. The van der Waals surface area contributed by atoms with Crippen molar-refractivity contribution in [3.8, 4) is 33.4 Å². The first kappa shape index (κ1) is 38.0. The first-order chi connectivity index (χ1) is 32.7. The first-order valence-electron chi connectivity index (χ1n) is 23.1. The van der Waals surface area contributed by atoms with E-state index in [9.17, 15) is 0 Å². The van der Waals surface area contributed by atoms with Crippen LogP contribution in [0.3, 0.4) is 0 Å². The molecule has 0 saturated carbocycles. The average Bonchev–Trinajstić information content (AvgIpc) is 3.66. The zero-order valence-electron chi connectivity index (χ0n) is 36.4. The van der Waals surface area contributed by atoms with Gasteiger partial charge < -0.3 is 9.80 Å². The van der Waals surface area contributed by atoms with Crippen LogP contribution in [0.5, 0.6) is 0 Å². The third-order valence-electron chi connectivity index (χ3n) is 13.8. The van der Waals surface area contributed by atoms with E-state index in [2.05, 4.69) is 253 Å². The van der Waals surface area contributed by atoms with E-state index in [1.165, 1.54) is 99.3 Å². The maximum atomic E-state index is 2.49. The molecular formula is C64H44N2. The molecular weight excluding hydrogens is 797 g/mol. The molecule has 66 heavy (non-hydrogen) atoms. The van der Waals surface area contributed by atoms with Crippen LogP contribution in [0.1, 0.15) is 29.5 Å². The first-order valence-corrected chi connectivity index (χ1v) is 23.1. The van der Waals surface area contributed by atoms with Crippen molar-refractivity contribution in [3.63, 3.8) is 0 Å². The number of nitrogens with zero attached hydrogens (tertiary/aromatic N) is 2. The van der Waals surface area contributed by atoms with Crippen LogP contribution in [-0.4, -0.2) is 0 Å². The van der Waals surface area contributed by atoms with Crippen molar-refractivity contribution in [1.29, 1.82) is 0 Å². The van der Waals surface area contributed by atoms with E-state index >= 15 is 0 Å². The van der Waals surface area contributed by atoms with Gasteiger partial charge in [0, 0.05) is 17.1 Å². The van der Waals surface area contributed by atoms with Crippen LogP contribution in [0.25, 0.3) is 83.9 Å². The van der Waals surface area contributed by atoms with E-state index in [-0.39, 0.29) is 0 Å². The third-order valence-corrected chi connectivity index (χ3v) is 13.8. The topological polar surface area (TPSA) is 6.48 Å². The minimum absolute atomic E-state index is 1.01. The molecule has 2 aliphatic heterocycles. The largest absolute Gasteiger partial charge is 0.310 e. The smallest absolute Gasteiger partial charge is 0.0534 e. The Kier molecular flexibility index (Phi) is 9.02. The molecule has 0 spiro atoms. The van der Waals surface area contributed by atoms with Gasteiger partial charge in [-0.25, -0.2) is 0 Å². The van der Waals surface area contributed by atoms with Gasteiger partial charge in [0.05, 0.1) is 17.1 Å². The van der Waals surface area contributed by atoms with E-state index in [4.69, 9.17) is 0 Å². The summed E-state index contributed by atoms with van der Waals surface area (Å²) in [4.78, 5) is 4.94. The Morgan fingerprint density at radius 1 is 0.318 bits per heavy atom. The third kappa shape index (κ3) is 6.33. The number of hydrogen-bond acceptors (Lipinski definition) is 2. The summed E-state index contributed by atoms with van der Waals surface area (Å²) in [6, 6.07) is 76.4. The maximum Gasteiger partial charge on any atom is 0.0534 e. The zero-order chi connectivity index (χ0) is 43.6. The second kappa shape index (κ2) is 15.7. The van der Waals surface area contributed by atoms with Gasteiger partial charge in [0.15, 0.2) is 0 Å². The fraction of sp³-hybridized carbons (Fsp3) is 0.0312. The van der Waals surface area contributed by atoms with Gasteiger partial charge in [-0.05, 0) is 155 Å². The molecule has 10 aromatic carbocycles. The second-order valence-electron chi connectivity index (χ2n) is 17.6. The standard InChI is InChI=1S/C64H44N2/c1-2-14-43(15-3-1)45-26-33-50(34-27-45)63-55-38-36-54(66-61-24-12-8-19-48(61)31-32-49-20-9-13-25-62(49)66)42-58(55)64(52-35-28-44-16-4-5-21-51(44)40-52)56-39-37-53(41-57(56)63)65-59-22-10-6-17-46(59)29-30-47-18-7-11-23-60(47)65/h1-8,10-19,21-42H,9,20H2. The van der Waals surface area contributed by atoms with E-state index in [1.54, 1.807) is 0 Å². The molecule has 0 fully saturated rings. The van der Waals surface area contributed by atoms with Gasteiger partial charge in [-0.15, -0.1) is 0 Å². The van der Waals surface area contributed by atoms with Gasteiger partial charge in [0.25, 0.3) is 0 Å².